The second kappa shape index (κ2) is 4.80. The van der Waals surface area contributed by atoms with Crippen LogP contribution in [0.1, 0.15) is 11.1 Å². The molecule has 0 saturated heterocycles. The average Bonchev–Trinajstić information content (AvgIpc) is 2.38. The maximum atomic E-state index is 9.72. The maximum absolute atomic E-state index is 9.72. The van der Waals surface area contributed by atoms with Crippen LogP contribution in [0.25, 0.3) is 11.1 Å². The van der Waals surface area contributed by atoms with E-state index in [0.717, 1.165) is 22.4 Å². The number of rotatable bonds is 2. The van der Waals surface area contributed by atoms with Gasteiger partial charge in [-0.05, 0) is 36.8 Å². The Labute approximate surface area is 106 Å². The van der Waals surface area contributed by atoms with Gasteiger partial charge in [-0.15, -0.1) is 0 Å². The summed E-state index contributed by atoms with van der Waals surface area (Å²) in [5.41, 5.74) is 3.10. The van der Waals surface area contributed by atoms with Crippen molar-refractivity contribution in [2.24, 2.45) is 0 Å². The molecule has 2 rings (SSSR count). The van der Waals surface area contributed by atoms with Crippen LogP contribution < -0.4 is 4.74 Å². The van der Waals surface area contributed by atoms with Gasteiger partial charge >= 0.3 is 0 Å². The first-order valence-corrected chi connectivity index (χ1v) is 5.54. The van der Waals surface area contributed by atoms with E-state index >= 15 is 0 Å². The van der Waals surface area contributed by atoms with Gasteiger partial charge in [0.25, 0.3) is 0 Å². The van der Waals surface area contributed by atoms with Crippen LogP contribution in [0, 0.1) is 18.3 Å². The Hall–Kier alpha value is -2.47. The molecule has 0 bridgehead atoms. The van der Waals surface area contributed by atoms with Crippen molar-refractivity contribution in [3.8, 4) is 28.7 Å². The molecule has 1 N–H and O–H groups in total. The molecule has 0 aliphatic rings. The van der Waals surface area contributed by atoms with Crippen molar-refractivity contribution in [2.45, 2.75) is 6.92 Å². The van der Waals surface area contributed by atoms with Gasteiger partial charge in [-0.2, -0.15) is 5.26 Å². The van der Waals surface area contributed by atoms with Crippen LogP contribution in [-0.4, -0.2) is 12.2 Å². The molecule has 0 saturated carbocycles. The molecule has 3 heteroatoms. The number of hydrogen-bond acceptors (Lipinski definition) is 3. The molecule has 18 heavy (non-hydrogen) atoms. The van der Waals surface area contributed by atoms with Crippen LogP contribution >= 0.6 is 0 Å². The normalized spacial score (nSPS) is 9.83. The number of benzene rings is 2. The number of methoxy groups -OCH3 is 1. The highest BCUT2D eigenvalue weighted by molar-refractivity contribution is 5.73. The Morgan fingerprint density at radius 2 is 1.94 bits per heavy atom. The Bertz CT molecular complexity index is 627. The molecule has 2 aromatic rings. The number of ether oxygens (including phenoxy) is 1. The molecule has 0 aromatic heterocycles. The monoisotopic (exact) mass is 239 g/mol. The number of nitriles is 1. The molecule has 0 fully saturated rings. The molecule has 3 nitrogen and oxygen atoms in total. The topological polar surface area (TPSA) is 53.2 Å². The van der Waals surface area contributed by atoms with E-state index in [9.17, 15) is 5.11 Å². The highest BCUT2D eigenvalue weighted by Gasteiger charge is 2.08. The van der Waals surface area contributed by atoms with Crippen molar-refractivity contribution in [3.63, 3.8) is 0 Å². The molecule has 0 spiro atoms. The van der Waals surface area contributed by atoms with Crippen molar-refractivity contribution >= 4 is 0 Å². The summed E-state index contributed by atoms with van der Waals surface area (Å²) in [6, 6.07) is 12.8. The third-order valence-corrected chi connectivity index (χ3v) is 2.78. The second-order valence-corrected chi connectivity index (χ2v) is 4.05. The van der Waals surface area contributed by atoms with Gasteiger partial charge in [0.1, 0.15) is 17.6 Å². The predicted molar refractivity (Wildman–Crippen MR) is 69.5 cm³/mol. The first kappa shape index (κ1) is 12.0. The Balaban J connectivity index is 2.58. The molecule has 0 atom stereocenters. The van der Waals surface area contributed by atoms with E-state index < -0.39 is 0 Å². The molecule has 0 aliphatic carbocycles. The summed E-state index contributed by atoms with van der Waals surface area (Å²) in [5.74, 6) is 0.725. The van der Waals surface area contributed by atoms with Crippen molar-refractivity contribution in [3.05, 3.63) is 47.5 Å². The Morgan fingerprint density at radius 1 is 1.17 bits per heavy atom. The minimum Gasteiger partial charge on any atom is -0.507 e. The second-order valence-electron chi connectivity index (χ2n) is 4.05. The first-order valence-electron chi connectivity index (χ1n) is 5.54. The summed E-state index contributed by atoms with van der Waals surface area (Å²) >= 11 is 0. The fourth-order valence-electron chi connectivity index (χ4n) is 1.84. The van der Waals surface area contributed by atoms with Gasteiger partial charge in [-0.3, -0.25) is 0 Å². The number of phenolic OH excluding ortho intramolecular Hbond substituents is 1. The lowest BCUT2D eigenvalue weighted by Gasteiger charge is -2.10. The zero-order chi connectivity index (χ0) is 13.1. The van der Waals surface area contributed by atoms with Crippen molar-refractivity contribution in [1.29, 1.82) is 5.26 Å². The van der Waals surface area contributed by atoms with Gasteiger partial charge in [-0.1, -0.05) is 17.7 Å². The van der Waals surface area contributed by atoms with E-state index in [0.29, 0.717) is 0 Å². The van der Waals surface area contributed by atoms with E-state index in [1.807, 2.05) is 31.2 Å². The molecule has 0 amide bonds. The average molecular weight is 239 g/mol. The van der Waals surface area contributed by atoms with E-state index in [-0.39, 0.29) is 11.3 Å². The zero-order valence-electron chi connectivity index (χ0n) is 10.3. The highest BCUT2D eigenvalue weighted by Crippen LogP contribution is 2.33. The lowest BCUT2D eigenvalue weighted by Crippen LogP contribution is -1.89. The van der Waals surface area contributed by atoms with Gasteiger partial charge < -0.3 is 9.84 Å². The SMILES string of the molecule is COc1ccc(C)cc1-c1ccc(C#N)c(O)c1. The third kappa shape index (κ3) is 2.14. The lowest BCUT2D eigenvalue weighted by molar-refractivity contribution is 0.416. The minimum absolute atomic E-state index is 0.0152. The summed E-state index contributed by atoms with van der Waals surface area (Å²) in [5, 5.41) is 18.5. The molecule has 0 unspecified atom stereocenters. The fraction of sp³-hybridized carbons (Fsp3) is 0.133. The van der Waals surface area contributed by atoms with Crippen molar-refractivity contribution < 1.29 is 9.84 Å². The summed E-state index contributed by atoms with van der Waals surface area (Å²) < 4.78 is 5.30. The Morgan fingerprint density at radius 3 is 2.56 bits per heavy atom. The van der Waals surface area contributed by atoms with Crippen LogP contribution in [-0.2, 0) is 0 Å². The highest BCUT2D eigenvalue weighted by atomic mass is 16.5. The van der Waals surface area contributed by atoms with E-state index in [4.69, 9.17) is 10.00 Å². The molecule has 0 heterocycles. The molecule has 2 aromatic carbocycles. The maximum Gasteiger partial charge on any atom is 0.133 e. The van der Waals surface area contributed by atoms with Crippen molar-refractivity contribution in [1.82, 2.24) is 0 Å². The number of aryl methyl sites for hydroxylation is 1. The minimum atomic E-state index is -0.0152. The molecular weight excluding hydrogens is 226 g/mol. The van der Waals surface area contributed by atoms with E-state index in [1.54, 1.807) is 25.3 Å². The number of hydrogen-bond donors (Lipinski definition) is 1. The van der Waals surface area contributed by atoms with E-state index in [2.05, 4.69) is 0 Å². The van der Waals surface area contributed by atoms with Gasteiger partial charge in [-0.25, -0.2) is 0 Å². The summed E-state index contributed by atoms with van der Waals surface area (Å²) in [6.07, 6.45) is 0. The van der Waals surface area contributed by atoms with Crippen molar-refractivity contribution in [2.75, 3.05) is 7.11 Å². The number of aromatic hydroxyl groups is 1. The number of phenols is 1. The third-order valence-electron chi connectivity index (χ3n) is 2.78. The van der Waals surface area contributed by atoms with Crippen LogP contribution in [0.4, 0.5) is 0 Å². The largest absolute Gasteiger partial charge is 0.507 e. The van der Waals surface area contributed by atoms with Gasteiger partial charge in [0, 0.05) is 5.56 Å². The Kier molecular flexibility index (Phi) is 3.20. The molecular formula is C15H13NO2. The van der Waals surface area contributed by atoms with Gasteiger partial charge in [0.15, 0.2) is 0 Å². The number of nitrogens with zero attached hydrogens (tertiary/aromatic N) is 1. The summed E-state index contributed by atoms with van der Waals surface area (Å²) in [4.78, 5) is 0. The molecule has 0 radical (unpaired) electrons. The molecule has 0 aliphatic heterocycles. The van der Waals surface area contributed by atoms with E-state index in [1.165, 1.54) is 0 Å². The van der Waals surface area contributed by atoms with Gasteiger partial charge in [0.2, 0.25) is 0 Å². The zero-order valence-corrected chi connectivity index (χ0v) is 10.3. The van der Waals surface area contributed by atoms with Gasteiger partial charge in [0.05, 0.1) is 12.7 Å². The fourth-order valence-corrected chi connectivity index (χ4v) is 1.84. The summed E-state index contributed by atoms with van der Waals surface area (Å²) in [6.45, 7) is 1.99. The molecule has 90 valence electrons. The van der Waals surface area contributed by atoms with Crippen LogP contribution in [0.5, 0.6) is 11.5 Å². The summed E-state index contributed by atoms with van der Waals surface area (Å²) in [7, 11) is 1.61. The van der Waals surface area contributed by atoms with Crippen LogP contribution in [0.3, 0.4) is 0 Å². The van der Waals surface area contributed by atoms with Crippen LogP contribution in [0.2, 0.25) is 0 Å². The van der Waals surface area contributed by atoms with Crippen LogP contribution in [0.15, 0.2) is 36.4 Å². The lowest BCUT2D eigenvalue weighted by atomic mass is 10.0. The quantitative estimate of drug-likeness (QED) is 0.875. The standard InChI is InChI=1S/C15H13NO2/c1-10-3-6-15(18-2)13(7-10)11-4-5-12(9-16)14(17)8-11/h3-8,17H,1-2H3. The predicted octanol–water partition coefficient (Wildman–Crippen LogP) is 3.25. The smallest absolute Gasteiger partial charge is 0.133 e. The first-order chi connectivity index (χ1) is 8.65.